The number of phenolic OH excluding ortho intramolecular Hbond substituents is 1. The van der Waals surface area contributed by atoms with Crippen molar-refractivity contribution < 1.29 is 15.0 Å². The summed E-state index contributed by atoms with van der Waals surface area (Å²) in [7, 11) is 0. The van der Waals surface area contributed by atoms with Crippen molar-refractivity contribution in [2.75, 3.05) is 0 Å². The van der Waals surface area contributed by atoms with E-state index in [1.54, 1.807) is 12.1 Å². The highest BCUT2D eigenvalue weighted by molar-refractivity contribution is 8.93. The molecule has 1 aromatic carbocycles. The van der Waals surface area contributed by atoms with Crippen molar-refractivity contribution in [2.24, 2.45) is 0 Å². The molecule has 0 aliphatic rings. The molecule has 0 fully saturated rings. The van der Waals surface area contributed by atoms with Gasteiger partial charge in [0.2, 0.25) is 0 Å². The number of carboxylic acid groups (broad SMARTS) is 1. The average Bonchev–Trinajstić information content (AvgIpc) is 2.18. The minimum atomic E-state index is -1.02. The van der Waals surface area contributed by atoms with Crippen molar-refractivity contribution in [2.45, 2.75) is 0 Å². The second-order valence-corrected chi connectivity index (χ2v) is 2.84. The van der Waals surface area contributed by atoms with Gasteiger partial charge in [-0.3, -0.25) is 4.98 Å². The third-order valence-electron chi connectivity index (χ3n) is 1.98. The number of nitrogens with zero attached hydrogens (tertiary/aromatic N) is 1. The van der Waals surface area contributed by atoms with Gasteiger partial charge in [-0.05, 0) is 18.2 Å². The summed E-state index contributed by atoms with van der Waals surface area (Å²) < 4.78 is 0. The van der Waals surface area contributed by atoms with E-state index in [1.807, 2.05) is 0 Å². The number of carboxylic acids is 1. The van der Waals surface area contributed by atoms with Gasteiger partial charge >= 0.3 is 5.97 Å². The number of hydrogen-bond acceptors (Lipinski definition) is 3. The summed E-state index contributed by atoms with van der Waals surface area (Å²) in [6.07, 6.45) is 1.51. The highest BCUT2D eigenvalue weighted by atomic mass is 79.9. The molecular formula is C10H8BrNO3. The molecule has 1 heterocycles. The molecule has 15 heavy (non-hydrogen) atoms. The summed E-state index contributed by atoms with van der Waals surface area (Å²) in [5, 5.41) is 18.7. The Kier molecular flexibility index (Phi) is 3.26. The molecule has 78 valence electrons. The number of carbonyl (C=O) groups is 1. The molecule has 0 saturated carbocycles. The fourth-order valence-electron chi connectivity index (χ4n) is 1.34. The number of hydrogen-bond donors (Lipinski definition) is 2. The summed E-state index contributed by atoms with van der Waals surface area (Å²) in [6.45, 7) is 0. The Labute approximate surface area is 96.0 Å². The molecule has 1 aromatic heterocycles. The lowest BCUT2D eigenvalue weighted by molar-refractivity contribution is 0.0699. The molecule has 0 aliphatic heterocycles. The van der Waals surface area contributed by atoms with Crippen LogP contribution in [0.5, 0.6) is 5.75 Å². The zero-order chi connectivity index (χ0) is 10.1. The molecule has 0 aliphatic carbocycles. The number of benzene rings is 1. The Morgan fingerprint density at radius 3 is 2.67 bits per heavy atom. The molecule has 0 radical (unpaired) electrons. The van der Waals surface area contributed by atoms with Crippen molar-refractivity contribution >= 4 is 33.9 Å². The fourth-order valence-corrected chi connectivity index (χ4v) is 1.34. The molecule has 0 atom stereocenters. The van der Waals surface area contributed by atoms with Crippen LogP contribution in [0.4, 0.5) is 0 Å². The first kappa shape index (κ1) is 11.5. The van der Waals surface area contributed by atoms with Gasteiger partial charge in [0.15, 0.2) is 0 Å². The average molecular weight is 270 g/mol. The number of aromatic nitrogens is 1. The fraction of sp³-hybridized carbons (Fsp3) is 0. The molecule has 0 bridgehead atoms. The van der Waals surface area contributed by atoms with Crippen molar-refractivity contribution in [3.63, 3.8) is 0 Å². The number of pyridine rings is 1. The predicted molar refractivity (Wildman–Crippen MR) is 60.7 cm³/mol. The maximum absolute atomic E-state index is 10.8. The van der Waals surface area contributed by atoms with Gasteiger partial charge in [-0.1, -0.05) is 6.07 Å². The third-order valence-corrected chi connectivity index (χ3v) is 1.98. The monoisotopic (exact) mass is 269 g/mol. The third kappa shape index (κ3) is 1.92. The van der Waals surface area contributed by atoms with E-state index in [4.69, 9.17) is 5.11 Å². The second kappa shape index (κ2) is 4.27. The summed E-state index contributed by atoms with van der Waals surface area (Å²) >= 11 is 0. The molecule has 0 unspecified atom stereocenters. The van der Waals surface area contributed by atoms with Crippen molar-refractivity contribution in [3.05, 3.63) is 36.0 Å². The molecule has 4 nitrogen and oxygen atoms in total. The maximum Gasteiger partial charge on any atom is 0.336 e. The smallest absolute Gasteiger partial charge is 0.336 e. The van der Waals surface area contributed by atoms with Gasteiger partial charge in [0.1, 0.15) is 11.3 Å². The molecule has 2 rings (SSSR count). The lowest BCUT2D eigenvalue weighted by Gasteiger charge is -2.02. The zero-order valence-electron chi connectivity index (χ0n) is 7.54. The highest BCUT2D eigenvalue weighted by Crippen LogP contribution is 2.25. The Morgan fingerprint density at radius 1 is 1.27 bits per heavy atom. The Balaban J connectivity index is 0.00000112. The Morgan fingerprint density at radius 2 is 2.00 bits per heavy atom. The number of fused-ring (bicyclic) bond motifs is 1. The van der Waals surface area contributed by atoms with E-state index in [-0.39, 0.29) is 28.3 Å². The summed E-state index contributed by atoms with van der Waals surface area (Å²) in [5.41, 5.74) is 0.457. The highest BCUT2D eigenvalue weighted by Gasteiger charge is 2.10. The van der Waals surface area contributed by atoms with Crippen LogP contribution in [0.15, 0.2) is 30.5 Å². The summed E-state index contributed by atoms with van der Waals surface area (Å²) in [5.74, 6) is -1.03. The zero-order valence-corrected chi connectivity index (χ0v) is 9.26. The first-order chi connectivity index (χ1) is 6.70. The van der Waals surface area contributed by atoms with E-state index in [0.717, 1.165) is 0 Å². The van der Waals surface area contributed by atoms with E-state index in [0.29, 0.717) is 10.9 Å². The lowest BCUT2D eigenvalue weighted by atomic mass is 10.1. The largest absolute Gasteiger partial charge is 0.506 e. The van der Waals surface area contributed by atoms with Gasteiger partial charge in [0.05, 0.1) is 5.56 Å². The molecule has 2 aromatic rings. The van der Waals surface area contributed by atoms with Gasteiger partial charge in [-0.2, -0.15) is 0 Å². The van der Waals surface area contributed by atoms with E-state index in [2.05, 4.69) is 4.98 Å². The Hall–Kier alpha value is -1.62. The molecule has 0 saturated heterocycles. The van der Waals surface area contributed by atoms with E-state index in [1.165, 1.54) is 18.3 Å². The van der Waals surface area contributed by atoms with Crippen LogP contribution in [-0.2, 0) is 0 Å². The van der Waals surface area contributed by atoms with Crippen LogP contribution < -0.4 is 0 Å². The molecule has 5 heteroatoms. The lowest BCUT2D eigenvalue weighted by Crippen LogP contribution is -1.97. The first-order valence-electron chi connectivity index (χ1n) is 4.00. The summed E-state index contributed by atoms with van der Waals surface area (Å²) in [4.78, 5) is 14.7. The van der Waals surface area contributed by atoms with Gasteiger partial charge in [-0.15, -0.1) is 17.0 Å². The molecule has 0 spiro atoms. The van der Waals surface area contributed by atoms with Crippen LogP contribution in [0.3, 0.4) is 0 Å². The quantitative estimate of drug-likeness (QED) is 0.833. The first-order valence-corrected chi connectivity index (χ1v) is 4.00. The number of aromatic hydroxyl groups is 1. The van der Waals surface area contributed by atoms with Gasteiger partial charge in [-0.25, -0.2) is 4.79 Å². The molecular weight excluding hydrogens is 262 g/mol. The maximum atomic E-state index is 10.8. The minimum Gasteiger partial charge on any atom is -0.506 e. The van der Waals surface area contributed by atoms with E-state index >= 15 is 0 Å². The van der Waals surface area contributed by atoms with Gasteiger partial charge in [0.25, 0.3) is 0 Å². The van der Waals surface area contributed by atoms with Crippen LogP contribution in [0.1, 0.15) is 10.4 Å². The van der Waals surface area contributed by atoms with E-state index < -0.39 is 5.97 Å². The number of rotatable bonds is 1. The number of halogens is 1. The molecule has 2 N–H and O–H groups in total. The minimum absolute atomic E-state index is 0. The normalized spacial score (nSPS) is 9.60. The number of aromatic carboxylic acids is 1. The summed E-state index contributed by atoms with van der Waals surface area (Å²) in [6, 6.07) is 5.94. The van der Waals surface area contributed by atoms with Crippen LogP contribution >= 0.6 is 17.0 Å². The van der Waals surface area contributed by atoms with Crippen LogP contribution in [0, 0.1) is 0 Å². The number of phenols is 1. The molecule has 0 amide bonds. The second-order valence-electron chi connectivity index (χ2n) is 2.84. The van der Waals surface area contributed by atoms with E-state index in [9.17, 15) is 9.90 Å². The van der Waals surface area contributed by atoms with Crippen molar-refractivity contribution in [1.29, 1.82) is 0 Å². The van der Waals surface area contributed by atoms with Crippen LogP contribution in [0.2, 0.25) is 0 Å². The standard InChI is InChI=1S/C10H7NO3.BrH/c12-8-4-3-7(10(13)14)6-2-1-5-11-9(6)8;/h1-5,12H,(H,13,14);1H. The Bertz CT molecular complexity index is 513. The van der Waals surface area contributed by atoms with Crippen molar-refractivity contribution in [1.82, 2.24) is 4.98 Å². The topological polar surface area (TPSA) is 70.4 Å². The van der Waals surface area contributed by atoms with Crippen LogP contribution in [0.25, 0.3) is 10.9 Å². The van der Waals surface area contributed by atoms with Gasteiger partial charge < -0.3 is 10.2 Å². The van der Waals surface area contributed by atoms with Crippen LogP contribution in [-0.4, -0.2) is 21.2 Å². The van der Waals surface area contributed by atoms with Crippen molar-refractivity contribution in [3.8, 4) is 5.75 Å². The SMILES string of the molecule is Br.O=C(O)c1ccc(O)c2ncccc12. The van der Waals surface area contributed by atoms with Gasteiger partial charge in [0, 0.05) is 11.6 Å². The predicted octanol–water partition coefficient (Wildman–Crippen LogP) is 2.22.